The van der Waals surface area contributed by atoms with Crippen molar-refractivity contribution < 1.29 is 14.4 Å². The van der Waals surface area contributed by atoms with Gasteiger partial charge in [-0.15, -0.1) is 0 Å². The van der Waals surface area contributed by atoms with Crippen molar-refractivity contribution in [1.29, 1.82) is 0 Å². The Labute approximate surface area is 126 Å². The molecule has 1 N–H and O–H groups in total. The Kier molecular flexibility index (Phi) is 5.75. The fourth-order valence-corrected chi connectivity index (χ4v) is 2.98. The summed E-state index contributed by atoms with van der Waals surface area (Å²) in [7, 11) is 1.98. The molecule has 1 aromatic rings. The molecule has 0 radical (unpaired) electrons. The van der Waals surface area contributed by atoms with Gasteiger partial charge in [-0.1, -0.05) is 5.16 Å². The first-order chi connectivity index (χ1) is 9.92. The van der Waals surface area contributed by atoms with Gasteiger partial charge in [-0.05, 0) is 27.8 Å². The van der Waals surface area contributed by atoms with Gasteiger partial charge in [-0.3, -0.25) is 9.80 Å². The van der Waals surface area contributed by atoms with Gasteiger partial charge in [0, 0.05) is 38.8 Å². The van der Waals surface area contributed by atoms with Crippen LogP contribution in [0.15, 0.2) is 10.6 Å². The Morgan fingerprint density at radius 3 is 2.67 bits per heavy atom. The smallest absolute Gasteiger partial charge is 0.133 e. The molecule has 0 saturated carbocycles. The molecule has 1 aliphatic rings. The van der Waals surface area contributed by atoms with E-state index in [1.54, 1.807) is 0 Å². The van der Waals surface area contributed by atoms with Crippen LogP contribution in [0.3, 0.4) is 0 Å². The number of β-amino-alcohol motifs (C(OH)–C–C–N with tert-alkyl or cyclic N) is 1. The highest BCUT2D eigenvalue weighted by Gasteiger charge is 2.24. The van der Waals surface area contributed by atoms with E-state index >= 15 is 0 Å². The molecule has 0 spiro atoms. The van der Waals surface area contributed by atoms with E-state index in [-0.39, 0.29) is 18.3 Å². The van der Waals surface area contributed by atoms with Crippen molar-refractivity contribution in [2.24, 2.45) is 0 Å². The zero-order valence-corrected chi connectivity index (χ0v) is 13.5. The third-order valence-corrected chi connectivity index (χ3v) is 3.60. The first-order valence-electron chi connectivity index (χ1n) is 7.59. The SMILES string of the molecule is Cc1cc(CN(C)CC(O)CN2CC(C)OC(C)C2)no1. The van der Waals surface area contributed by atoms with E-state index < -0.39 is 0 Å². The summed E-state index contributed by atoms with van der Waals surface area (Å²) >= 11 is 0. The van der Waals surface area contributed by atoms with Crippen molar-refractivity contribution in [3.8, 4) is 0 Å². The topological polar surface area (TPSA) is 62.0 Å². The van der Waals surface area contributed by atoms with Gasteiger partial charge in [0.05, 0.1) is 24.0 Å². The fourth-order valence-electron chi connectivity index (χ4n) is 2.98. The van der Waals surface area contributed by atoms with E-state index in [0.717, 1.165) is 24.5 Å². The normalized spacial score (nSPS) is 25.4. The average molecular weight is 297 g/mol. The quantitative estimate of drug-likeness (QED) is 0.841. The zero-order valence-electron chi connectivity index (χ0n) is 13.5. The standard InChI is InChI=1S/C15H27N3O3/c1-11-5-14(16-21-11)8-17(4)9-15(19)10-18-6-12(2)20-13(3)7-18/h5,12-13,15,19H,6-10H2,1-4H3. The van der Waals surface area contributed by atoms with Gasteiger partial charge < -0.3 is 14.4 Å². The van der Waals surface area contributed by atoms with Crippen LogP contribution in [0.2, 0.25) is 0 Å². The predicted octanol–water partition coefficient (Wildman–Crippen LogP) is 0.885. The Morgan fingerprint density at radius 1 is 1.43 bits per heavy atom. The first-order valence-corrected chi connectivity index (χ1v) is 7.59. The highest BCUT2D eigenvalue weighted by Crippen LogP contribution is 2.11. The molecule has 1 saturated heterocycles. The van der Waals surface area contributed by atoms with Crippen LogP contribution < -0.4 is 0 Å². The van der Waals surface area contributed by atoms with Gasteiger partial charge in [-0.2, -0.15) is 0 Å². The molecule has 0 amide bonds. The highest BCUT2D eigenvalue weighted by molar-refractivity contribution is 5.03. The summed E-state index contributed by atoms with van der Waals surface area (Å²) in [6, 6.07) is 1.92. The van der Waals surface area contributed by atoms with E-state index in [0.29, 0.717) is 19.6 Å². The van der Waals surface area contributed by atoms with Crippen molar-refractivity contribution in [1.82, 2.24) is 15.0 Å². The maximum atomic E-state index is 10.3. The van der Waals surface area contributed by atoms with Crippen LogP contribution in [0, 0.1) is 6.92 Å². The van der Waals surface area contributed by atoms with Crippen LogP contribution in [-0.4, -0.2) is 71.6 Å². The lowest BCUT2D eigenvalue weighted by Gasteiger charge is -2.36. The number of aromatic nitrogens is 1. The molecule has 0 aromatic carbocycles. The Balaban J connectivity index is 1.74. The van der Waals surface area contributed by atoms with E-state index in [2.05, 4.69) is 28.8 Å². The zero-order chi connectivity index (χ0) is 15.4. The van der Waals surface area contributed by atoms with Crippen molar-refractivity contribution in [2.45, 2.75) is 45.6 Å². The predicted molar refractivity (Wildman–Crippen MR) is 80.0 cm³/mol. The lowest BCUT2D eigenvalue weighted by molar-refractivity contribution is -0.0777. The van der Waals surface area contributed by atoms with Gasteiger partial charge >= 0.3 is 0 Å². The molecule has 2 rings (SSSR count). The minimum absolute atomic E-state index is 0.233. The lowest BCUT2D eigenvalue weighted by Crippen LogP contribution is -2.49. The van der Waals surface area contributed by atoms with Crippen LogP contribution >= 0.6 is 0 Å². The van der Waals surface area contributed by atoms with E-state index in [9.17, 15) is 5.11 Å². The van der Waals surface area contributed by atoms with Crippen molar-refractivity contribution in [3.05, 3.63) is 17.5 Å². The van der Waals surface area contributed by atoms with Crippen molar-refractivity contribution in [2.75, 3.05) is 33.2 Å². The number of aliphatic hydroxyl groups excluding tert-OH is 1. The molecule has 3 atom stereocenters. The third-order valence-electron chi connectivity index (χ3n) is 3.60. The summed E-state index contributed by atoms with van der Waals surface area (Å²) in [5, 5.41) is 14.2. The number of morpholine rings is 1. The monoisotopic (exact) mass is 297 g/mol. The number of aryl methyl sites for hydroxylation is 1. The first kappa shape index (κ1) is 16.4. The summed E-state index contributed by atoms with van der Waals surface area (Å²) in [6.07, 6.45) is 0.0917. The van der Waals surface area contributed by atoms with Crippen LogP contribution in [-0.2, 0) is 11.3 Å². The number of hydrogen-bond donors (Lipinski definition) is 1. The molecule has 120 valence electrons. The summed E-state index contributed by atoms with van der Waals surface area (Å²) in [6.45, 7) is 9.78. The van der Waals surface area contributed by atoms with Gasteiger partial charge in [0.2, 0.25) is 0 Å². The second-order valence-corrected chi connectivity index (χ2v) is 6.26. The molecule has 1 aromatic heterocycles. The molecule has 3 unspecified atom stereocenters. The van der Waals surface area contributed by atoms with Crippen molar-refractivity contribution in [3.63, 3.8) is 0 Å². The number of nitrogens with zero attached hydrogens (tertiary/aromatic N) is 3. The Bertz CT molecular complexity index is 428. The summed E-state index contributed by atoms with van der Waals surface area (Å²) in [5.74, 6) is 0.815. The molecule has 1 fully saturated rings. The Morgan fingerprint density at radius 2 is 2.10 bits per heavy atom. The molecular formula is C15H27N3O3. The van der Waals surface area contributed by atoms with Gasteiger partial charge in [0.1, 0.15) is 5.76 Å². The summed E-state index contributed by atoms with van der Waals surface area (Å²) < 4.78 is 10.8. The van der Waals surface area contributed by atoms with Crippen LogP contribution in [0.1, 0.15) is 25.3 Å². The van der Waals surface area contributed by atoms with Crippen LogP contribution in [0.25, 0.3) is 0 Å². The van der Waals surface area contributed by atoms with Gasteiger partial charge in [0.15, 0.2) is 0 Å². The number of ether oxygens (including phenoxy) is 1. The second-order valence-electron chi connectivity index (χ2n) is 6.26. The number of hydrogen-bond acceptors (Lipinski definition) is 6. The van der Waals surface area contributed by atoms with Crippen molar-refractivity contribution >= 4 is 0 Å². The minimum atomic E-state index is -0.375. The van der Waals surface area contributed by atoms with E-state index in [1.807, 2.05) is 20.0 Å². The largest absolute Gasteiger partial charge is 0.390 e. The molecule has 1 aliphatic heterocycles. The molecule has 2 heterocycles. The summed E-state index contributed by atoms with van der Waals surface area (Å²) in [4.78, 5) is 4.34. The van der Waals surface area contributed by atoms with Crippen LogP contribution in [0.5, 0.6) is 0 Å². The molecule has 6 nitrogen and oxygen atoms in total. The highest BCUT2D eigenvalue weighted by atomic mass is 16.5. The van der Waals surface area contributed by atoms with Crippen LogP contribution in [0.4, 0.5) is 0 Å². The average Bonchev–Trinajstić information content (AvgIpc) is 2.72. The Hall–Kier alpha value is -0.950. The molecule has 0 bridgehead atoms. The van der Waals surface area contributed by atoms with Gasteiger partial charge in [-0.25, -0.2) is 0 Å². The van der Waals surface area contributed by atoms with E-state index in [4.69, 9.17) is 9.26 Å². The number of aliphatic hydroxyl groups is 1. The fraction of sp³-hybridized carbons (Fsp3) is 0.800. The molecule has 6 heteroatoms. The maximum Gasteiger partial charge on any atom is 0.133 e. The number of rotatable bonds is 6. The molecule has 0 aliphatic carbocycles. The summed E-state index contributed by atoms with van der Waals surface area (Å²) in [5.41, 5.74) is 0.899. The lowest BCUT2D eigenvalue weighted by atomic mass is 10.2. The minimum Gasteiger partial charge on any atom is -0.390 e. The molecular weight excluding hydrogens is 270 g/mol. The number of likely N-dealkylation sites (N-methyl/N-ethyl adjacent to an activating group) is 1. The third kappa shape index (κ3) is 5.39. The maximum absolute atomic E-state index is 10.3. The van der Waals surface area contributed by atoms with E-state index in [1.165, 1.54) is 0 Å². The molecule has 21 heavy (non-hydrogen) atoms. The second kappa shape index (κ2) is 7.35. The van der Waals surface area contributed by atoms with Gasteiger partial charge in [0.25, 0.3) is 0 Å².